The van der Waals surface area contributed by atoms with E-state index in [1.165, 1.54) is 20.0 Å². The molecule has 0 spiro atoms. The van der Waals surface area contributed by atoms with E-state index in [1.807, 2.05) is 0 Å². The van der Waals surface area contributed by atoms with Crippen molar-refractivity contribution in [2.24, 2.45) is 5.41 Å². The lowest BCUT2D eigenvalue weighted by atomic mass is 10.00. The second kappa shape index (κ2) is 2.60. The van der Waals surface area contributed by atoms with E-state index in [0.29, 0.717) is 11.8 Å². The third kappa shape index (κ3) is 1.49. The first-order valence-electron chi connectivity index (χ1n) is 3.79. The van der Waals surface area contributed by atoms with Crippen LogP contribution in [0.3, 0.4) is 0 Å². The van der Waals surface area contributed by atoms with Gasteiger partial charge in [0.05, 0.1) is 13.5 Å². The van der Waals surface area contributed by atoms with Crippen LogP contribution in [0.15, 0.2) is 0 Å². The van der Waals surface area contributed by atoms with Gasteiger partial charge in [-0.2, -0.15) is 0 Å². The molecule has 1 fully saturated rings. The molecule has 0 radical (unpaired) electrons. The van der Waals surface area contributed by atoms with E-state index >= 15 is 0 Å². The molecule has 0 aromatic rings. The minimum Gasteiger partial charge on any atom is -0.469 e. The van der Waals surface area contributed by atoms with Crippen LogP contribution in [0.4, 0.5) is 0 Å². The maximum absolute atomic E-state index is 10.8. The highest BCUT2D eigenvalue weighted by atomic mass is 16.5. The zero-order chi connectivity index (χ0) is 7.61. The summed E-state index contributed by atoms with van der Waals surface area (Å²) >= 11 is 0. The molecule has 0 bridgehead atoms. The standard InChI is InChI=1S/C8H14O2/c1-3-8(4-5-8)6-7(9)10-2/h3-6H2,1-2H3. The highest BCUT2D eigenvalue weighted by Crippen LogP contribution is 2.51. The van der Waals surface area contributed by atoms with Gasteiger partial charge in [0.1, 0.15) is 0 Å². The Kier molecular flexibility index (Phi) is 1.97. The number of rotatable bonds is 3. The predicted octanol–water partition coefficient (Wildman–Crippen LogP) is 1.74. The SMILES string of the molecule is CCC1(CC(=O)OC)CC1. The first kappa shape index (κ1) is 7.58. The predicted molar refractivity (Wildman–Crippen MR) is 38.6 cm³/mol. The lowest BCUT2D eigenvalue weighted by molar-refractivity contribution is -0.142. The van der Waals surface area contributed by atoms with E-state index in [2.05, 4.69) is 11.7 Å². The Hall–Kier alpha value is -0.530. The fourth-order valence-electron chi connectivity index (χ4n) is 1.21. The van der Waals surface area contributed by atoms with Crippen LogP contribution in [-0.2, 0) is 9.53 Å². The monoisotopic (exact) mass is 142 g/mol. The van der Waals surface area contributed by atoms with Crippen molar-refractivity contribution in [3.63, 3.8) is 0 Å². The highest BCUT2D eigenvalue weighted by molar-refractivity contribution is 5.70. The minimum atomic E-state index is -0.0562. The average molecular weight is 142 g/mol. The van der Waals surface area contributed by atoms with Crippen LogP contribution in [0.1, 0.15) is 32.6 Å². The van der Waals surface area contributed by atoms with Gasteiger partial charge in [-0.25, -0.2) is 0 Å². The van der Waals surface area contributed by atoms with Gasteiger partial charge in [-0.1, -0.05) is 6.92 Å². The molecule has 58 valence electrons. The number of carbonyl (C=O) groups excluding carboxylic acids is 1. The van der Waals surface area contributed by atoms with Gasteiger partial charge in [-0.05, 0) is 24.7 Å². The van der Waals surface area contributed by atoms with E-state index in [-0.39, 0.29) is 5.97 Å². The van der Waals surface area contributed by atoms with Gasteiger partial charge in [-0.3, -0.25) is 4.79 Å². The Morgan fingerprint density at radius 1 is 1.60 bits per heavy atom. The zero-order valence-corrected chi connectivity index (χ0v) is 6.64. The van der Waals surface area contributed by atoms with Gasteiger partial charge in [0.2, 0.25) is 0 Å². The van der Waals surface area contributed by atoms with Crippen LogP contribution in [0.2, 0.25) is 0 Å². The van der Waals surface area contributed by atoms with Crippen molar-refractivity contribution >= 4 is 5.97 Å². The van der Waals surface area contributed by atoms with Crippen molar-refractivity contribution in [3.05, 3.63) is 0 Å². The van der Waals surface area contributed by atoms with Crippen molar-refractivity contribution in [1.82, 2.24) is 0 Å². The molecule has 1 aliphatic rings. The molecule has 0 aliphatic heterocycles. The van der Waals surface area contributed by atoms with Crippen molar-refractivity contribution in [2.75, 3.05) is 7.11 Å². The fourth-order valence-corrected chi connectivity index (χ4v) is 1.21. The van der Waals surface area contributed by atoms with E-state index in [4.69, 9.17) is 0 Å². The van der Waals surface area contributed by atoms with E-state index < -0.39 is 0 Å². The number of hydrogen-bond donors (Lipinski definition) is 0. The Labute approximate surface area is 61.6 Å². The number of esters is 1. The van der Waals surface area contributed by atoms with Crippen LogP contribution in [0.25, 0.3) is 0 Å². The molecule has 1 rings (SSSR count). The van der Waals surface area contributed by atoms with Crippen LogP contribution in [-0.4, -0.2) is 13.1 Å². The minimum absolute atomic E-state index is 0.0562. The molecular formula is C8H14O2. The summed E-state index contributed by atoms with van der Waals surface area (Å²) in [6.07, 6.45) is 4.15. The third-order valence-corrected chi connectivity index (χ3v) is 2.45. The van der Waals surface area contributed by atoms with Crippen LogP contribution in [0.5, 0.6) is 0 Å². The summed E-state index contributed by atoms with van der Waals surface area (Å²) in [5.41, 5.74) is 0.340. The van der Waals surface area contributed by atoms with Crippen molar-refractivity contribution in [3.8, 4) is 0 Å². The normalized spacial score (nSPS) is 20.2. The molecule has 0 heterocycles. The lowest BCUT2D eigenvalue weighted by Gasteiger charge is -2.08. The second-order valence-corrected chi connectivity index (χ2v) is 3.11. The summed E-state index contributed by atoms with van der Waals surface area (Å²) in [7, 11) is 1.45. The molecule has 0 aromatic heterocycles. The average Bonchev–Trinajstić information content (AvgIpc) is 2.70. The Balaban J connectivity index is 2.30. The summed E-state index contributed by atoms with van der Waals surface area (Å²) in [6, 6.07) is 0. The number of methoxy groups -OCH3 is 1. The zero-order valence-electron chi connectivity index (χ0n) is 6.64. The molecule has 0 saturated heterocycles. The van der Waals surface area contributed by atoms with Gasteiger partial charge < -0.3 is 4.74 Å². The summed E-state index contributed by atoms with van der Waals surface area (Å²) in [5, 5.41) is 0. The van der Waals surface area contributed by atoms with Crippen LogP contribution in [0, 0.1) is 5.41 Å². The molecule has 0 aromatic carbocycles. The summed E-state index contributed by atoms with van der Waals surface area (Å²) in [4.78, 5) is 10.8. The quantitative estimate of drug-likeness (QED) is 0.561. The summed E-state index contributed by atoms with van der Waals surface area (Å²) in [5.74, 6) is -0.0562. The van der Waals surface area contributed by atoms with Crippen LogP contribution < -0.4 is 0 Å². The largest absolute Gasteiger partial charge is 0.469 e. The van der Waals surface area contributed by atoms with E-state index in [1.54, 1.807) is 0 Å². The summed E-state index contributed by atoms with van der Waals surface area (Å²) in [6.45, 7) is 2.13. The first-order valence-corrected chi connectivity index (χ1v) is 3.79. The molecule has 2 heteroatoms. The molecular weight excluding hydrogens is 128 g/mol. The maximum Gasteiger partial charge on any atom is 0.306 e. The smallest absolute Gasteiger partial charge is 0.306 e. The number of ether oxygens (including phenoxy) is 1. The topological polar surface area (TPSA) is 26.3 Å². The Bertz CT molecular complexity index is 136. The van der Waals surface area contributed by atoms with Crippen molar-refractivity contribution in [2.45, 2.75) is 32.6 Å². The number of hydrogen-bond acceptors (Lipinski definition) is 2. The highest BCUT2D eigenvalue weighted by Gasteiger charge is 2.42. The Morgan fingerprint density at radius 3 is 2.50 bits per heavy atom. The van der Waals surface area contributed by atoms with E-state index in [9.17, 15) is 4.79 Å². The molecule has 0 atom stereocenters. The van der Waals surface area contributed by atoms with Crippen molar-refractivity contribution in [1.29, 1.82) is 0 Å². The Morgan fingerprint density at radius 2 is 2.20 bits per heavy atom. The molecule has 1 aliphatic carbocycles. The molecule has 0 unspecified atom stereocenters. The summed E-state index contributed by atoms with van der Waals surface area (Å²) < 4.78 is 4.59. The van der Waals surface area contributed by atoms with Gasteiger partial charge in [0.15, 0.2) is 0 Å². The number of carbonyl (C=O) groups is 1. The second-order valence-electron chi connectivity index (χ2n) is 3.11. The van der Waals surface area contributed by atoms with Gasteiger partial charge in [0.25, 0.3) is 0 Å². The molecule has 2 nitrogen and oxygen atoms in total. The lowest BCUT2D eigenvalue weighted by Crippen LogP contribution is -2.09. The first-order chi connectivity index (χ1) is 4.72. The third-order valence-electron chi connectivity index (χ3n) is 2.45. The molecule has 10 heavy (non-hydrogen) atoms. The van der Waals surface area contributed by atoms with Gasteiger partial charge in [-0.15, -0.1) is 0 Å². The molecule has 0 N–H and O–H groups in total. The van der Waals surface area contributed by atoms with Crippen LogP contribution >= 0.6 is 0 Å². The van der Waals surface area contributed by atoms with Gasteiger partial charge in [0, 0.05) is 0 Å². The maximum atomic E-state index is 10.8. The fraction of sp³-hybridized carbons (Fsp3) is 0.875. The molecule has 0 amide bonds. The van der Waals surface area contributed by atoms with E-state index in [0.717, 1.165) is 6.42 Å². The van der Waals surface area contributed by atoms with Gasteiger partial charge >= 0.3 is 5.97 Å². The van der Waals surface area contributed by atoms with Crippen molar-refractivity contribution < 1.29 is 9.53 Å². The molecule has 1 saturated carbocycles.